The number of sulfonamides is 1. The Bertz CT molecular complexity index is 1570. The molecule has 0 unspecified atom stereocenters. The molecule has 0 saturated heterocycles. The van der Waals surface area contributed by atoms with Crippen LogP contribution in [0.2, 0.25) is 0 Å². The number of hydrogen-bond acceptors (Lipinski definition) is 7. The highest BCUT2D eigenvalue weighted by Crippen LogP contribution is 2.37. The van der Waals surface area contributed by atoms with Crippen molar-refractivity contribution in [3.8, 4) is 23.0 Å². The van der Waals surface area contributed by atoms with E-state index in [-0.39, 0.29) is 22.1 Å². The van der Waals surface area contributed by atoms with Gasteiger partial charge >= 0.3 is 0 Å². The minimum absolute atomic E-state index is 0.0986. The van der Waals surface area contributed by atoms with Gasteiger partial charge in [-0.05, 0) is 47.2 Å². The number of benzene rings is 4. The maximum absolute atomic E-state index is 14.0. The summed E-state index contributed by atoms with van der Waals surface area (Å²) in [5.74, 6) is 0.684. The summed E-state index contributed by atoms with van der Waals surface area (Å²) in [5.41, 5.74) is 0.671. The monoisotopic (exact) mass is 536 g/mol. The van der Waals surface area contributed by atoms with Crippen molar-refractivity contribution in [2.45, 2.75) is 4.90 Å². The number of ether oxygens (including phenoxy) is 4. The van der Waals surface area contributed by atoms with E-state index >= 15 is 0 Å². The van der Waals surface area contributed by atoms with Crippen LogP contribution < -0.4 is 28.6 Å². The first-order chi connectivity index (χ1) is 18.3. The van der Waals surface area contributed by atoms with Crippen LogP contribution in [-0.2, 0) is 14.8 Å². The van der Waals surface area contributed by atoms with Crippen molar-refractivity contribution in [2.75, 3.05) is 44.6 Å². The number of nitrogens with one attached hydrogen (secondary N) is 1. The molecule has 0 heterocycles. The van der Waals surface area contributed by atoms with Crippen molar-refractivity contribution in [3.05, 3.63) is 78.9 Å². The van der Waals surface area contributed by atoms with E-state index in [1.807, 2.05) is 36.4 Å². The van der Waals surface area contributed by atoms with Crippen LogP contribution in [0.3, 0.4) is 0 Å². The first kappa shape index (κ1) is 26.6. The molecule has 0 spiro atoms. The molecule has 0 aromatic heterocycles. The van der Waals surface area contributed by atoms with E-state index in [1.54, 1.807) is 18.2 Å². The van der Waals surface area contributed by atoms with Crippen molar-refractivity contribution >= 4 is 38.1 Å². The largest absolute Gasteiger partial charge is 0.497 e. The first-order valence-electron chi connectivity index (χ1n) is 11.6. The Morgan fingerprint density at radius 3 is 2.11 bits per heavy atom. The average Bonchev–Trinajstić information content (AvgIpc) is 2.94. The fraction of sp³-hybridized carbons (Fsp3) is 0.179. The molecule has 198 valence electrons. The number of rotatable bonds is 10. The number of carbonyl (C=O) groups is 1. The minimum Gasteiger partial charge on any atom is -0.497 e. The van der Waals surface area contributed by atoms with E-state index in [1.165, 1.54) is 52.7 Å². The average molecular weight is 537 g/mol. The number of nitrogens with zero attached hydrogens (tertiary/aromatic N) is 1. The summed E-state index contributed by atoms with van der Waals surface area (Å²) in [5, 5.41) is 4.76. The van der Waals surface area contributed by atoms with Gasteiger partial charge in [-0.15, -0.1) is 0 Å². The molecule has 0 aliphatic rings. The SMILES string of the molecule is COc1ccc(OC)c(N(CC(=O)Nc2ccc3ccccc3c2)S(=O)(=O)c2ccc(OC)c(OC)c2)c1. The Morgan fingerprint density at radius 1 is 0.737 bits per heavy atom. The molecule has 0 atom stereocenters. The van der Waals surface area contributed by atoms with Crippen LogP contribution in [0.25, 0.3) is 10.8 Å². The molecule has 9 nitrogen and oxygen atoms in total. The van der Waals surface area contributed by atoms with E-state index in [4.69, 9.17) is 18.9 Å². The van der Waals surface area contributed by atoms with Gasteiger partial charge in [-0.25, -0.2) is 8.42 Å². The number of methoxy groups -OCH3 is 4. The zero-order valence-electron chi connectivity index (χ0n) is 21.4. The summed E-state index contributed by atoms with van der Waals surface area (Å²) in [6.45, 7) is -0.535. The molecule has 0 aliphatic carbocycles. The molecule has 10 heteroatoms. The van der Waals surface area contributed by atoms with Gasteiger partial charge in [0, 0.05) is 17.8 Å². The van der Waals surface area contributed by atoms with Crippen molar-refractivity contribution in [1.29, 1.82) is 0 Å². The zero-order valence-corrected chi connectivity index (χ0v) is 22.2. The van der Waals surface area contributed by atoms with Gasteiger partial charge in [-0.2, -0.15) is 0 Å². The third-order valence-corrected chi connectivity index (χ3v) is 7.67. The minimum atomic E-state index is -4.29. The second-order valence-corrected chi connectivity index (χ2v) is 10.0. The summed E-state index contributed by atoms with van der Waals surface area (Å²) in [6.07, 6.45) is 0. The lowest BCUT2D eigenvalue weighted by Gasteiger charge is -2.26. The van der Waals surface area contributed by atoms with Crippen molar-refractivity contribution in [1.82, 2.24) is 0 Å². The lowest BCUT2D eigenvalue weighted by atomic mass is 10.1. The molecular weight excluding hydrogens is 508 g/mol. The molecule has 1 amide bonds. The van der Waals surface area contributed by atoms with Gasteiger partial charge in [-0.3, -0.25) is 9.10 Å². The van der Waals surface area contributed by atoms with Crippen LogP contribution >= 0.6 is 0 Å². The Balaban J connectivity index is 1.76. The van der Waals surface area contributed by atoms with Crippen molar-refractivity contribution in [3.63, 3.8) is 0 Å². The topological polar surface area (TPSA) is 103 Å². The normalized spacial score (nSPS) is 11.1. The molecule has 4 aromatic rings. The standard InChI is InChI=1S/C28H28N2O7S/c1-34-22-11-13-25(35-2)24(16-22)30(38(32,33)23-12-14-26(36-3)27(17-23)37-4)18-28(31)29-21-10-9-19-7-5-6-8-20(19)15-21/h5-17H,18H2,1-4H3,(H,29,31). The highest BCUT2D eigenvalue weighted by Gasteiger charge is 2.31. The van der Waals surface area contributed by atoms with E-state index in [0.29, 0.717) is 17.2 Å². The highest BCUT2D eigenvalue weighted by atomic mass is 32.2. The molecule has 0 bridgehead atoms. The van der Waals surface area contributed by atoms with Gasteiger partial charge in [0.1, 0.15) is 18.0 Å². The Labute approximate surface area is 221 Å². The molecule has 0 saturated carbocycles. The van der Waals surface area contributed by atoms with E-state index in [2.05, 4.69) is 5.32 Å². The van der Waals surface area contributed by atoms with Crippen LogP contribution in [0.5, 0.6) is 23.0 Å². The van der Waals surface area contributed by atoms with Gasteiger partial charge in [-0.1, -0.05) is 30.3 Å². The smallest absolute Gasteiger partial charge is 0.265 e. The van der Waals surface area contributed by atoms with E-state index in [0.717, 1.165) is 15.1 Å². The van der Waals surface area contributed by atoms with Crippen LogP contribution in [-0.4, -0.2) is 49.3 Å². The molecule has 38 heavy (non-hydrogen) atoms. The molecule has 4 rings (SSSR count). The third kappa shape index (κ3) is 5.45. The Kier molecular flexibility index (Phi) is 7.92. The van der Waals surface area contributed by atoms with Gasteiger partial charge < -0.3 is 24.3 Å². The quantitative estimate of drug-likeness (QED) is 0.313. The maximum atomic E-state index is 14.0. The number of fused-ring (bicyclic) bond motifs is 1. The molecule has 4 aromatic carbocycles. The molecule has 0 fully saturated rings. The molecular formula is C28H28N2O7S. The first-order valence-corrected chi connectivity index (χ1v) is 13.0. The highest BCUT2D eigenvalue weighted by molar-refractivity contribution is 7.92. The number of carbonyl (C=O) groups excluding carboxylic acids is 1. The molecule has 0 aliphatic heterocycles. The van der Waals surface area contributed by atoms with Crippen molar-refractivity contribution in [2.24, 2.45) is 0 Å². The van der Waals surface area contributed by atoms with Crippen LogP contribution in [0, 0.1) is 0 Å². The number of anilines is 2. The third-order valence-electron chi connectivity index (χ3n) is 5.92. The number of amides is 1. The maximum Gasteiger partial charge on any atom is 0.265 e. The van der Waals surface area contributed by atoms with Crippen LogP contribution in [0.1, 0.15) is 0 Å². The second kappa shape index (κ2) is 11.3. The van der Waals surface area contributed by atoms with Crippen LogP contribution in [0.15, 0.2) is 83.8 Å². The van der Waals surface area contributed by atoms with Gasteiger partial charge in [0.15, 0.2) is 11.5 Å². The summed E-state index contributed by atoms with van der Waals surface area (Å²) in [6, 6.07) is 22.1. The Hall–Kier alpha value is -4.44. The summed E-state index contributed by atoms with van der Waals surface area (Å²) < 4.78 is 50.3. The van der Waals surface area contributed by atoms with Gasteiger partial charge in [0.05, 0.1) is 39.0 Å². The summed E-state index contributed by atoms with van der Waals surface area (Å²) in [7, 11) is 1.46. The zero-order chi connectivity index (χ0) is 27.3. The second-order valence-electron chi connectivity index (χ2n) is 8.18. The predicted molar refractivity (Wildman–Crippen MR) is 146 cm³/mol. The van der Waals surface area contributed by atoms with Crippen molar-refractivity contribution < 1.29 is 32.2 Å². The number of hydrogen-bond donors (Lipinski definition) is 1. The van der Waals surface area contributed by atoms with Gasteiger partial charge in [0.25, 0.3) is 10.0 Å². The predicted octanol–water partition coefficient (Wildman–Crippen LogP) is 4.71. The molecule has 0 radical (unpaired) electrons. The summed E-state index contributed by atoms with van der Waals surface area (Å²) in [4.78, 5) is 13.2. The fourth-order valence-corrected chi connectivity index (χ4v) is 5.43. The van der Waals surface area contributed by atoms with Crippen LogP contribution in [0.4, 0.5) is 11.4 Å². The Morgan fingerprint density at radius 2 is 1.42 bits per heavy atom. The lowest BCUT2D eigenvalue weighted by molar-refractivity contribution is -0.114. The fourth-order valence-electron chi connectivity index (χ4n) is 3.99. The van der Waals surface area contributed by atoms with Gasteiger partial charge in [0.2, 0.25) is 5.91 Å². The van der Waals surface area contributed by atoms with E-state index < -0.39 is 22.5 Å². The lowest BCUT2D eigenvalue weighted by Crippen LogP contribution is -2.38. The van der Waals surface area contributed by atoms with E-state index in [9.17, 15) is 13.2 Å². The summed E-state index contributed by atoms with van der Waals surface area (Å²) >= 11 is 0. The molecule has 1 N–H and O–H groups in total.